The summed E-state index contributed by atoms with van der Waals surface area (Å²) >= 11 is 0. The number of halogens is 2. The molecule has 1 saturated heterocycles. The van der Waals surface area contributed by atoms with E-state index in [0.717, 1.165) is 50.9 Å². The number of benzene rings is 1. The van der Waals surface area contributed by atoms with Gasteiger partial charge in [0.15, 0.2) is 0 Å². The summed E-state index contributed by atoms with van der Waals surface area (Å²) in [5, 5.41) is 5.21. The standard InChI is InChI=1S/C19H27F2N3O2/c1-2-3-9-24-10-5-4-6-15(24)12-22-18(25)13-23-19(26)16-8-7-14(20)11-17(16)21/h7-8,11,15H,2-6,9-10,12-13H2,1H3,(H,22,25)(H,23,26). The topological polar surface area (TPSA) is 61.4 Å². The maximum absolute atomic E-state index is 13.6. The van der Waals surface area contributed by atoms with E-state index in [1.807, 2.05) is 0 Å². The van der Waals surface area contributed by atoms with Gasteiger partial charge in [-0.05, 0) is 44.5 Å². The summed E-state index contributed by atoms with van der Waals surface area (Å²) in [6.07, 6.45) is 5.68. The first-order valence-corrected chi connectivity index (χ1v) is 9.25. The number of carbonyl (C=O) groups excluding carboxylic acids is 2. The van der Waals surface area contributed by atoms with E-state index < -0.39 is 17.5 Å². The van der Waals surface area contributed by atoms with Crippen LogP contribution in [0, 0.1) is 11.6 Å². The minimum Gasteiger partial charge on any atom is -0.353 e. The first-order chi connectivity index (χ1) is 12.5. The average molecular weight is 367 g/mol. The number of carbonyl (C=O) groups is 2. The number of nitrogens with one attached hydrogen (secondary N) is 2. The second-order valence-electron chi connectivity index (χ2n) is 6.65. The fourth-order valence-corrected chi connectivity index (χ4v) is 3.17. The van der Waals surface area contributed by atoms with Crippen molar-refractivity contribution in [3.05, 3.63) is 35.4 Å². The predicted octanol–water partition coefficient (Wildman–Crippen LogP) is 2.47. The van der Waals surface area contributed by atoms with Crippen molar-refractivity contribution in [1.82, 2.24) is 15.5 Å². The van der Waals surface area contributed by atoms with Crippen molar-refractivity contribution in [2.45, 2.75) is 45.1 Å². The first kappa shape index (κ1) is 20.3. The number of nitrogens with zero attached hydrogens (tertiary/aromatic N) is 1. The van der Waals surface area contributed by atoms with Gasteiger partial charge in [0.05, 0.1) is 12.1 Å². The number of unbranched alkanes of at least 4 members (excludes halogenated alkanes) is 1. The van der Waals surface area contributed by atoms with Gasteiger partial charge < -0.3 is 10.6 Å². The molecular formula is C19H27F2N3O2. The molecule has 2 amide bonds. The van der Waals surface area contributed by atoms with Crippen LogP contribution in [0.3, 0.4) is 0 Å². The van der Waals surface area contributed by atoms with Crippen LogP contribution in [0.4, 0.5) is 8.78 Å². The summed E-state index contributed by atoms with van der Waals surface area (Å²) in [6, 6.07) is 3.03. The number of amides is 2. The number of likely N-dealkylation sites (tertiary alicyclic amines) is 1. The van der Waals surface area contributed by atoms with Crippen molar-refractivity contribution in [2.24, 2.45) is 0 Å². The molecule has 1 aromatic rings. The molecule has 1 atom stereocenters. The van der Waals surface area contributed by atoms with Crippen molar-refractivity contribution in [3.8, 4) is 0 Å². The Labute approximate surface area is 153 Å². The third kappa shape index (κ3) is 6.05. The third-order valence-electron chi connectivity index (χ3n) is 4.67. The Morgan fingerprint density at radius 1 is 1.23 bits per heavy atom. The highest BCUT2D eigenvalue weighted by Crippen LogP contribution is 2.17. The van der Waals surface area contributed by atoms with Gasteiger partial charge >= 0.3 is 0 Å². The Hall–Kier alpha value is -2.02. The van der Waals surface area contributed by atoms with Crippen molar-refractivity contribution < 1.29 is 18.4 Å². The van der Waals surface area contributed by atoms with Crippen LogP contribution < -0.4 is 10.6 Å². The van der Waals surface area contributed by atoms with Crippen LogP contribution in [-0.2, 0) is 4.79 Å². The molecule has 1 heterocycles. The van der Waals surface area contributed by atoms with Gasteiger partial charge in [-0.3, -0.25) is 14.5 Å². The van der Waals surface area contributed by atoms with Gasteiger partial charge in [-0.1, -0.05) is 19.8 Å². The lowest BCUT2D eigenvalue weighted by molar-refractivity contribution is -0.120. The van der Waals surface area contributed by atoms with Crippen molar-refractivity contribution >= 4 is 11.8 Å². The van der Waals surface area contributed by atoms with Crippen molar-refractivity contribution in [2.75, 3.05) is 26.2 Å². The van der Waals surface area contributed by atoms with E-state index in [2.05, 4.69) is 22.5 Å². The summed E-state index contributed by atoms with van der Waals surface area (Å²) in [7, 11) is 0. The highest BCUT2D eigenvalue weighted by molar-refractivity contribution is 5.96. The molecule has 26 heavy (non-hydrogen) atoms. The largest absolute Gasteiger partial charge is 0.353 e. The summed E-state index contributed by atoms with van der Waals surface area (Å²) in [5.74, 6) is -2.75. The zero-order valence-corrected chi connectivity index (χ0v) is 15.2. The van der Waals surface area contributed by atoms with Crippen LogP contribution in [0.2, 0.25) is 0 Å². The molecule has 5 nitrogen and oxygen atoms in total. The molecule has 1 unspecified atom stereocenters. The fraction of sp³-hybridized carbons (Fsp3) is 0.579. The Balaban J connectivity index is 1.76. The molecule has 1 fully saturated rings. The van der Waals surface area contributed by atoms with Gasteiger partial charge in [-0.15, -0.1) is 0 Å². The second kappa shape index (κ2) is 10.2. The Morgan fingerprint density at radius 2 is 2.04 bits per heavy atom. The highest BCUT2D eigenvalue weighted by Gasteiger charge is 2.22. The summed E-state index contributed by atoms with van der Waals surface area (Å²) < 4.78 is 26.4. The highest BCUT2D eigenvalue weighted by atomic mass is 19.1. The molecule has 2 rings (SSSR count). The van der Waals surface area contributed by atoms with Crippen LogP contribution in [0.5, 0.6) is 0 Å². The maximum Gasteiger partial charge on any atom is 0.254 e. The van der Waals surface area contributed by atoms with Crippen molar-refractivity contribution in [3.63, 3.8) is 0 Å². The van der Waals surface area contributed by atoms with Gasteiger partial charge in [-0.25, -0.2) is 8.78 Å². The second-order valence-corrected chi connectivity index (χ2v) is 6.65. The monoisotopic (exact) mass is 367 g/mol. The molecule has 0 saturated carbocycles. The van der Waals surface area contributed by atoms with Crippen LogP contribution in [0.25, 0.3) is 0 Å². The molecule has 2 N–H and O–H groups in total. The lowest BCUT2D eigenvalue weighted by Crippen LogP contribution is -2.48. The smallest absolute Gasteiger partial charge is 0.254 e. The van der Waals surface area contributed by atoms with E-state index in [9.17, 15) is 18.4 Å². The quantitative estimate of drug-likeness (QED) is 0.742. The molecule has 144 valence electrons. The zero-order valence-electron chi connectivity index (χ0n) is 15.2. The fourth-order valence-electron chi connectivity index (χ4n) is 3.17. The van der Waals surface area contributed by atoms with E-state index >= 15 is 0 Å². The average Bonchev–Trinajstić information content (AvgIpc) is 2.63. The molecule has 1 aliphatic heterocycles. The van der Waals surface area contributed by atoms with E-state index in [-0.39, 0.29) is 18.0 Å². The number of hydrogen-bond donors (Lipinski definition) is 2. The third-order valence-corrected chi connectivity index (χ3v) is 4.67. The SMILES string of the molecule is CCCCN1CCCCC1CNC(=O)CNC(=O)c1ccc(F)cc1F. The number of rotatable bonds is 8. The summed E-state index contributed by atoms with van der Waals surface area (Å²) in [6.45, 7) is 4.56. The van der Waals surface area contributed by atoms with Gasteiger partial charge in [-0.2, -0.15) is 0 Å². The van der Waals surface area contributed by atoms with Crippen LogP contribution in [0.1, 0.15) is 49.4 Å². The lowest BCUT2D eigenvalue weighted by atomic mass is 10.0. The Kier molecular flexibility index (Phi) is 7.97. The summed E-state index contributed by atoms with van der Waals surface area (Å²) in [4.78, 5) is 26.3. The van der Waals surface area contributed by atoms with Gasteiger partial charge in [0.2, 0.25) is 5.91 Å². The summed E-state index contributed by atoms with van der Waals surface area (Å²) in [5.41, 5.74) is -0.280. The predicted molar refractivity (Wildman–Crippen MR) is 95.8 cm³/mol. The number of piperidine rings is 1. The van der Waals surface area contributed by atoms with Crippen LogP contribution in [0.15, 0.2) is 18.2 Å². The van der Waals surface area contributed by atoms with Gasteiger partial charge in [0.25, 0.3) is 5.91 Å². The maximum atomic E-state index is 13.6. The molecule has 1 aromatic carbocycles. The number of hydrogen-bond acceptors (Lipinski definition) is 3. The minimum atomic E-state index is -0.948. The normalized spacial score (nSPS) is 17.7. The molecule has 0 aromatic heterocycles. The minimum absolute atomic E-state index is 0.239. The lowest BCUT2D eigenvalue weighted by Gasteiger charge is -2.35. The molecule has 1 aliphatic rings. The first-order valence-electron chi connectivity index (χ1n) is 9.25. The van der Waals surface area contributed by atoms with Crippen molar-refractivity contribution in [1.29, 1.82) is 0 Å². The molecule has 0 aliphatic carbocycles. The molecular weight excluding hydrogens is 340 g/mol. The Morgan fingerprint density at radius 3 is 2.77 bits per heavy atom. The molecule has 0 bridgehead atoms. The molecule has 0 radical (unpaired) electrons. The van der Waals surface area contributed by atoms with E-state index in [1.54, 1.807) is 0 Å². The molecule has 7 heteroatoms. The van der Waals surface area contributed by atoms with Gasteiger partial charge in [0, 0.05) is 18.7 Å². The van der Waals surface area contributed by atoms with Crippen LogP contribution in [-0.4, -0.2) is 48.9 Å². The van der Waals surface area contributed by atoms with E-state index in [1.165, 1.54) is 6.42 Å². The van der Waals surface area contributed by atoms with Crippen LogP contribution >= 0.6 is 0 Å². The Bertz CT molecular complexity index is 625. The zero-order chi connectivity index (χ0) is 18.9. The van der Waals surface area contributed by atoms with E-state index in [4.69, 9.17) is 0 Å². The molecule has 0 spiro atoms. The van der Waals surface area contributed by atoms with E-state index in [0.29, 0.717) is 18.7 Å². The van der Waals surface area contributed by atoms with Gasteiger partial charge in [0.1, 0.15) is 11.6 Å².